The summed E-state index contributed by atoms with van der Waals surface area (Å²) in [5.74, 6) is -0.418. The average Bonchev–Trinajstić information content (AvgIpc) is 2.40. The summed E-state index contributed by atoms with van der Waals surface area (Å²) in [5.41, 5.74) is -1.37. The third-order valence-corrected chi connectivity index (χ3v) is 6.67. The van der Waals surface area contributed by atoms with Gasteiger partial charge in [0.15, 0.2) is 5.78 Å². The Morgan fingerprint density at radius 2 is 2.06 bits per heavy atom. The van der Waals surface area contributed by atoms with E-state index in [0.29, 0.717) is 6.42 Å². The van der Waals surface area contributed by atoms with Crippen molar-refractivity contribution in [2.24, 2.45) is 16.7 Å². The maximum atomic E-state index is 12.0. The Morgan fingerprint density at radius 1 is 1.50 bits per heavy atom. The van der Waals surface area contributed by atoms with Crippen molar-refractivity contribution in [3.8, 4) is 0 Å². The highest BCUT2D eigenvalue weighted by Crippen LogP contribution is 2.65. The molecule has 2 saturated carbocycles. The highest BCUT2D eigenvalue weighted by atomic mass is 79.9. The van der Waals surface area contributed by atoms with Gasteiger partial charge < -0.3 is 4.55 Å². The van der Waals surface area contributed by atoms with Gasteiger partial charge in [0, 0.05) is 11.2 Å². The number of alkyl halides is 1. The monoisotopic (exact) mass is 309 g/mol. The van der Waals surface area contributed by atoms with E-state index in [1.165, 1.54) is 0 Å². The van der Waals surface area contributed by atoms with Gasteiger partial charge in [0.25, 0.3) is 0 Å². The van der Waals surface area contributed by atoms with Crippen molar-refractivity contribution in [1.82, 2.24) is 0 Å². The number of rotatable bonds is 2. The Balaban J connectivity index is 2.47. The maximum Gasteiger partial charge on any atom is 0.153 e. The molecule has 4 unspecified atom stereocenters. The largest absolute Gasteiger partial charge is 0.748 e. The van der Waals surface area contributed by atoms with Crippen LogP contribution >= 0.6 is 15.9 Å². The predicted molar refractivity (Wildman–Crippen MR) is 61.2 cm³/mol. The molecular weight excluding hydrogens is 296 g/mol. The zero-order valence-corrected chi connectivity index (χ0v) is 11.6. The van der Waals surface area contributed by atoms with Gasteiger partial charge in [-0.1, -0.05) is 29.8 Å². The lowest BCUT2D eigenvalue weighted by Crippen LogP contribution is -2.40. The summed E-state index contributed by atoms with van der Waals surface area (Å²) in [6, 6.07) is 0. The first-order valence-electron chi connectivity index (χ1n) is 5.24. The molecular formula is C10H14BrO4S-. The second-order valence-electron chi connectivity index (χ2n) is 5.36. The van der Waals surface area contributed by atoms with E-state index in [4.69, 9.17) is 0 Å². The van der Waals surface area contributed by atoms with E-state index in [9.17, 15) is 17.8 Å². The van der Waals surface area contributed by atoms with Crippen LogP contribution in [0.1, 0.15) is 26.7 Å². The fourth-order valence-corrected chi connectivity index (χ4v) is 6.07. The van der Waals surface area contributed by atoms with Crippen LogP contribution in [-0.4, -0.2) is 29.3 Å². The van der Waals surface area contributed by atoms with Crippen LogP contribution in [-0.2, 0) is 14.9 Å². The molecule has 0 N–H and O–H groups in total. The number of carbonyl (C=O) groups is 1. The van der Waals surface area contributed by atoms with Gasteiger partial charge in [0.1, 0.15) is 0 Å². The minimum absolute atomic E-state index is 0.0336. The topological polar surface area (TPSA) is 74.3 Å². The SMILES string of the molecule is CC12CCC(C(Br)C1=O)C2(C)CS(=O)(=O)[O-]. The van der Waals surface area contributed by atoms with Crippen LogP contribution in [0.4, 0.5) is 0 Å². The molecule has 4 nitrogen and oxygen atoms in total. The molecule has 0 amide bonds. The van der Waals surface area contributed by atoms with Crippen LogP contribution in [0.2, 0.25) is 0 Å². The van der Waals surface area contributed by atoms with Crippen molar-refractivity contribution in [3.63, 3.8) is 0 Å². The summed E-state index contributed by atoms with van der Waals surface area (Å²) in [5, 5.41) is 0. The van der Waals surface area contributed by atoms with Crippen molar-refractivity contribution in [3.05, 3.63) is 0 Å². The molecule has 0 aromatic heterocycles. The molecule has 2 rings (SSSR count). The van der Waals surface area contributed by atoms with E-state index >= 15 is 0 Å². The summed E-state index contributed by atoms with van der Waals surface area (Å²) in [7, 11) is -4.30. The molecule has 6 heteroatoms. The van der Waals surface area contributed by atoms with Crippen molar-refractivity contribution in [1.29, 1.82) is 0 Å². The first-order valence-corrected chi connectivity index (χ1v) is 7.73. The van der Waals surface area contributed by atoms with Crippen LogP contribution in [0.15, 0.2) is 0 Å². The van der Waals surface area contributed by atoms with E-state index < -0.39 is 26.7 Å². The highest BCUT2D eigenvalue weighted by Gasteiger charge is 2.68. The zero-order chi connectivity index (χ0) is 12.4. The van der Waals surface area contributed by atoms with Gasteiger partial charge in [-0.05, 0) is 24.2 Å². The van der Waals surface area contributed by atoms with Crippen molar-refractivity contribution >= 4 is 31.8 Å². The summed E-state index contributed by atoms with van der Waals surface area (Å²) < 4.78 is 33.0. The Morgan fingerprint density at radius 3 is 2.44 bits per heavy atom. The van der Waals surface area contributed by atoms with Crippen LogP contribution < -0.4 is 0 Å². The van der Waals surface area contributed by atoms with Gasteiger partial charge in [0.2, 0.25) is 0 Å². The molecule has 2 aliphatic rings. The third kappa shape index (κ3) is 1.42. The third-order valence-electron chi connectivity index (χ3n) is 4.66. The summed E-state index contributed by atoms with van der Waals surface area (Å²) in [6.07, 6.45) is 1.49. The number of hydrogen-bond acceptors (Lipinski definition) is 4. The second-order valence-corrected chi connectivity index (χ2v) is 7.75. The predicted octanol–water partition coefficient (Wildman–Crippen LogP) is 1.30. The van der Waals surface area contributed by atoms with Crippen LogP contribution in [0.3, 0.4) is 0 Å². The molecule has 16 heavy (non-hydrogen) atoms. The van der Waals surface area contributed by atoms with Crippen molar-refractivity contribution in [2.75, 3.05) is 5.75 Å². The van der Waals surface area contributed by atoms with E-state index in [1.807, 2.05) is 0 Å². The molecule has 0 radical (unpaired) electrons. The molecule has 0 aromatic rings. The lowest BCUT2D eigenvalue weighted by atomic mass is 9.70. The second kappa shape index (κ2) is 3.29. The molecule has 92 valence electrons. The van der Waals surface area contributed by atoms with Gasteiger partial charge in [0.05, 0.1) is 14.9 Å². The van der Waals surface area contributed by atoms with E-state index in [-0.39, 0.29) is 16.5 Å². The highest BCUT2D eigenvalue weighted by molar-refractivity contribution is 9.10. The summed E-state index contributed by atoms with van der Waals surface area (Å²) in [4.78, 5) is 11.8. The average molecular weight is 310 g/mol. The minimum Gasteiger partial charge on any atom is -0.748 e. The summed E-state index contributed by atoms with van der Waals surface area (Å²) >= 11 is 3.33. The van der Waals surface area contributed by atoms with Crippen molar-refractivity contribution in [2.45, 2.75) is 31.5 Å². The number of Topliss-reactive ketones (excluding diaryl/α,β-unsaturated/α-hetero) is 1. The molecule has 0 saturated heterocycles. The Kier molecular flexibility index (Phi) is 2.58. The Bertz CT molecular complexity index is 446. The van der Waals surface area contributed by atoms with Gasteiger partial charge in [-0.25, -0.2) is 8.42 Å². The zero-order valence-electron chi connectivity index (χ0n) is 9.20. The van der Waals surface area contributed by atoms with Crippen LogP contribution in [0, 0.1) is 16.7 Å². The van der Waals surface area contributed by atoms with Crippen LogP contribution in [0.5, 0.6) is 0 Å². The molecule has 2 bridgehead atoms. The molecule has 0 aromatic carbocycles. The molecule has 0 heterocycles. The smallest absolute Gasteiger partial charge is 0.153 e. The minimum atomic E-state index is -4.30. The standard InChI is InChI=1S/C10H15BrO4S/c1-9-4-3-6(7(11)8(9)12)10(9,2)5-16(13,14)15/h6-7H,3-5H2,1-2H3,(H,13,14,15)/p-1. The van der Waals surface area contributed by atoms with E-state index in [1.54, 1.807) is 13.8 Å². The first-order chi connectivity index (χ1) is 7.12. The van der Waals surface area contributed by atoms with Gasteiger partial charge in [-0.15, -0.1) is 0 Å². The molecule has 0 spiro atoms. The van der Waals surface area contributed by atoms with Crippen LogP contribution in [0.25, 0.3) is 0 Å². The molecule has 0 aliphatic heterocycles. The Hall–Kier alpha value is 0.0600. The number of fused-ring (bicyclic) bond motifs is 2. The number of ketones is 1. The quantitative estimate of drug-likeness (QED) is 0.569. The van der Waals surface area contributed by atoms with E-state index in [2.05, 4.69) is 15.9 Å². The fraction of sp³-hybridized carbons (Fsp3) is 0.900. The normalized spacial score (nSPS) is 47.6. The lowest BCUT2D eigenvalue weighted by molar-refractivity contribution is -0.127. The van der Waals surface area contributed by atoms with Gasteiger partial charge in [-0.2, -0.15) is 0 Å². The molecule has 2 aliphatic carbocycles. The molecule has 2 fully saturated rings. The summed E-state index contributed by atoms with van der Waals surface area (Å²) in [6.45, 7) is 3.56. The number of carbonyl (C=O) groups excluding carboxylic acids is 1. The maximum absolute atomic E-state index is 12.0. The number of hydrogen-bond donors (Lipinski definition) is 0. The number of halogens is 1. The van der Waals surface area contributed by atoms with Crippen molar-refractivity contribution < 1.29 is 17.8 Å². The van der Waals surface area contributed by atoms with Gasteiger partial charge in [-0.3, -0.25) is 4.79 Å². The van der Waals surface area contributed by atoms with Gasteiger partial charge >= 0.3 is 0 Å². The lowest BCUT2D eigenvalue weighted by Gasteiger charge is -2.37. The Labute approximate surface area is 104 Å². The first kappa shape index (κ1) is 12.5. The molecule has 4 atom stereocenters. The fourth-order valence-electron chi connectivity index (χ4n) is 3.45. The van der Waals surface area contributed by atoms with E-state index in [0.717, 1.165) is 6.42 Å².